The number of anilines is 2. The highest BCUT2D eigenvalue weighted by atomic mass is 16.6. The molecule has 7 nitrogen and oxygen atoms in total. The van der Waals surface area contributed by atoms with Gasteiger partial charge in [0.2, 0.25) is 0 Å². The molecule has 1 saturated carbocycles. The van der Waals surface area contributed by atoms with Crippen LogP contribution in [0.2, 0.25) is 0 Å². The van der Waals surface area contributed by atoms with Crippen LogP contribution in [0.25, 0.3) is 22.5 Å². The first-order valence-corrected chi connectivity index (χ1v) is 13.4. The van der Waals surface area contributed by atoms with Crippen molar-refractivity contribution in [2.24, 2.45) is 0 Å². The zero-order chi connectivity index (χ0) is 27.4. The summed E-state index contributed by atoms with van der Waals surface area (Å²) in [6.07, 6.45) is 1.74. The van der Waals surface area contributed by atoms with E-state index in [0.717, 1.165) is 35.1 Å². The topological polar surface area (TPSA) is 81.9 Å². The number of aromatic nitrogens is 1. The molecule has 0 bridgehead atoms. The highest BCUT2D eigenvalue weighted by molar-refractivity contribution is 6.00. The van der Waals surface area contributed by atoms with E-state index in [-0.39, 0.29) is 12.6 Å². The molecule has 0 radical (unpaired) electrons. The van der Waals surface area contributed by atoms with Crippen molar-refractivity contribution in [3.8, 4) is 22.5 Å². The van der Waals surface area contributed by atoms with Crippen molar-refractivity contribution in [2.75, 3.05) is 18.1 Å². The van der Waals surface area contributed by atoms with Gasteiger partial charge in [0.05, 0.1) is 24.3 Å². The number of para-hydroxylation sites is 1. The fourth-order valence-corrected chi connectivity index (χ4v) is 4.86. The van der Waals surface area contributed by atoms with Gasteiger partial charge in [-0.05, 0) is 61.9 Å². The van der Waals surface area contributed by atoms with Gasteiger partial charge < -0.3 is 14.0 Å². The van der Waals surface area contributed by atoms with Gasteiger partial charge in [0.25, 0.3) is 0 Å². The molecule has 1 aliphatic carbocycles. The van der Waals surface area contributed by atoms with Gasteiger partial charge in [-0.1, -0.05) is 78.8 Å². The van der Waals surface area contributed by atoms with Gasteiger partial charge in [0.15, 0.2) is 5.76 Å². The summed E-state index contributed by atoms with van der Waals surface area (Å²) in [6.45, 7) is 6.23. The minimum atomic E-state index is -0.490. The molecule has 5 rings (SSSR count). The van der Waals surface area contributed by atoms with Crippen molar-refractivity contribution in [3.63, 3.8) is 0 Å². The number of hydrogen-bond acceptors (Lipinski definition) is 6. The predicted octanol–water partition coefficient (Wildman–Crippen LogP) is 7.46. The van der Waals surface area contributed by atoms with Crippen LogP contribution in [0.15, 0.2) is 83.4 Å². The van der Waals surface area contributed by atoms with Crippen LogP contribution in [0.1, 0.15) is 44.9 Å². The van der Waals surface area contributed by atoms with Gasteiger partial charge in [0, 0.05) is 5.56 Å². The lowest BCUT2D eigenvalue weighted by atomic mass is 9.93. The standard InChI is InChI=1S/C32H32N2O5/c1-4-27-28(34(31(36)38-6-3)26-10-8-7-9-11-26)29(39-33-27)24-14-12-22(13-15-24)23-16-18-25(19-17-23)32(20-21-32)30(35)37-5-2/h7-19H,4-6,20-21H2,1-3H3. The summed E-state index contributed by atoms with van der Waals surface area (Å²) in [7, 11) is 0. The molecule has 1 aliphatic rings. The van der Waals surface area contributed by atoms with Gasteiger partial charge in [-0.3, -0.25) is 4.79 Å². The first kappa shape index (κ1) is 26.2. The van der Waals surface area contributed by atoms with Gasteiger partial charge >= 0.3 is 12.1 Å². The molecule has 1 heterocycles. The maximum absolute atomic E-state index is 13.1. The largest absolute Gasteiger partial charge is 0.465 e. The molecule has 1 aromatic heterocycles. The van der Waals surface area contributed by atoms with Crippen LogP contribution in [-0.2, 0) is 26.1 Å². The number of hydrogen-bond donors (Lipinski definition) is 0. The molecule has 1 fully saturated rings. The number of ether oxygens (including phenoxy) is 2. The second-order valence-corrected chi connectivity index (χ2v) is 9.49. The second kappa shape index (κ2) is 11.2. The lowest BCUT2D eigenvalue weighted by molar-refractivity contribution is -0.146. The van der Waals surface area contributed by atoms with Crippen LogP contribution in [0.4, 0.5) is 16.2 Å². The van der Waals surface area contributed by atoms with Crippen molar-refractivity contribution in [3.05, 3.63) is 90.1 Å². The molecule has 1 amide bonds. The fraction of sp³-hybridized carbons (Fsp3) is 0.281. The van der Waals surface area contributed by atoms with E-state index in [9.17, 15) is 9.59 Å². The second-order valence-electron chi connectivity index (χ2n) is 9.49. The third-order valence-electron chi connectivity index (χ3n) is 7.09. The first-order valence-electron chi connectivity index (χ1n) is 13.4. The smallest absolute Gasteiger partial charge is 0.419 e. The molecule has 200 valence electrons. The Kier molecular flexibility index (Phi) is 7.50. The summed E-state index contributed by atoms with van der Waals surface area (Å²) in [5, 5.41) is 4.28. The van der Waals surface area contributed by atoms with Crippen molar-refractivity contribution in [1.29, 1.82) is 0 Å². The lowest BCUT2D eigenvalue weighted by Gasteiger charge is -2.22. The molecule has 0 atom stereocenters. The van der Waals surface area contributed by atoms with Crippen LogP contribution in [0.5, 0.6) is 0 Å². The van der Waals surface area contributed by atoms with E-state index < -0.39 is 11.5 Å². The summed E-state index contributed by atoms with van der Waals surface area (Å²) in [5.74, 6) is 0.361. The third-order valence-corrected chi connectivity index (χ3v) is 7.09. The highest BCUT2D eigenvalue weighted by Crippen LogP contribution is 2.49. The summed E-state index contributed by atoms with van der Waals surface area (Å²) in [5.41, 5.74) is 5.28. The van der Waals surface area contributed by atoms with Crippen molar-refractivity contribution in [2.45, 2.75) is 45.4 Å². The zero-order valence-corrected chi connectivity index (χ0v) is 22.5. The Morgan fingerprint density at radius 1 is 0.821 bits per heavy atom. The number of nitrogens with zero attached hydrogens (tertiary/aromatic N) is 2. The van der Waals surface area contributed by atoms with E-state index in [0.29, 0.717) is 35.9 Å². The van der Waals surface area contributed by atoms with E-state index in [1.807, 2.05) is 92.7 Å². The lowest BCUT2D eigenvalue weighted by Crippen LogP contribution is -2.27. The highest BCUT2D eigenvalue weighted by Gasteiger charge is 2.52. The van der Waals surface area contributed by atoms with Crippen molar-refractivity contribution >= 4 is 23.4 Å². The maximum atomic E-state index is 13.1. The normalized spacial score (nSPS) is 13.5. The van der Waals surface area contributed by atoms with Crippen LogP contribution in [0, 0.1) is 0 Å². The molecule has 39 heavy (non-hydrogen) atoms. The van der Waals surface area contributed by atoms with Gasteiger partial charge in [-0.2, -0.15) is 0 Å². The monoisotopic (exact) mass is 524 g/mol. The zero-order valence-electron chi connectivity index (χ0n) is 22.5. The first-order chi connectivity index (χ1) is 19.0. The summed E-state index contributed by atoms with van der Waals surface area (Å²) in [6, 6.07) is 25.4. The Labute approximate surface area is 228 Å². The Bertz CT molecular complexity index is 1440. The molecule has 0 N–H and O–H groups in total. The van der Waals surface area contributed by atoms with Crippen molar-refractivity contribution < 1.29 is 23.6 Å². The Morgan fingerprint density at radius 3 is 1.97 bits per heavy atom. The van der Waals surface area contributed by atoms with Gasteiger partial charge in [-0.15, -0.1) is 0 Å². The minimum absolute atomic E-state index is 0.135. The van der Waals surface area contributed by atoms with Crippen LogP contribution >= 0.6 is 0 Å². The average Bonchev–Trinajstić information content (AvgIpc) is 3.69. The minimum Gasteiger partial charge on any atom is -0.465 e. The Hall–Kier alpha value is -4.39. The molecule has 0 aliphatic heterocycles. The van der Waals surface area contributed by atoms with Gasteiger partial charge in [0.1, 0.15) is 11.4 Å². The molecule has 7 heteroatoms. The molecule has 4 aromatic rings. The molecule has 0 unspecified atom stereocenters. The number of carbonyl (C=O) groups is 2. The number of carbonyl (C=O) groups excluding carboxylic acids is 2. The van der Waals surface area contributed by atoms with E-state index in [1.165, 1.54) is 4.90 Å². The molecule has 0 spiro atoms. The van der Waals surface area contributed by atoms with E-state index >= 15 is 0 Å². The maximum Gasteiger partial charge on any atom is 0.419 e. The van der Waals surface area contributed by atoms with Crippen molar-refractivity contribution in [1.82, 2.24) is 5.16 Å². The Morgan fingerprint density at radius 2 is 1.41 bits per heavy atom. The SMILES string of the molecule is CCOC(=O)N(c1ccccc1)c1c(CC)noc1-c1ccc(-c2ccc(C3(C(=O)OCC)CC3)cc2)cc1. The van der Waals surface area contributed by atoms with E-state index in [4.69, 9.17) is 14.0 Å². The van der Waals surface area contributed by atoms with E-state index in [2.05, 4.69) is 5.16 Å². The fourth-order valence-electron chi connectivity index (χ4n) is 4.86. The van der Waals surface area contributed by atoms with E-state index in [1.54, 1.807) is 6.92 Å². The van der Waals surface area contributed by atoms with Gasteiger partial charge in [-0.25, -0.2) is 9.69 Å². The quantitative estimate of drug-likeness (QED) is 0.211. The number of esters is 1. The van der Waals surface area contributed by atoms with Crippen LogP contribution < -0.4 is 4.90 Å². The van der Waals surface area contributed by atoms with Crippen LogP contribution in [-0.4, -0.2) is 30.4 Å². The number of aryl methyl sites for hydroxylation is 1. The summed E-state index contributed by atoms with van der Waals surface area (Å²) in [4.78, 5) is 27.1. The van der Waals surface area contributed by atoms with Crippen LogP contribution in [0.3, 0.4) is 0 Å². The predicted molar refractivity (Wildman–Crippen MR) is 150 cm³/mol. The molecular weight excluding hydrogens is 492 g/mol. The third kappa shape index (κ3) is 5.04. The number of rotatable bonds is 9. The summed E-state index contributed by atoms with van der Waals surface area (Å²) >= 11 is 0. The number of benzene rings is 3. The number of amides is 1. The Balaban J connectivity index is 1.45. The molecule has 3 aromatic carbocycles. The average molecular weight is 525 g/mol. The summed E-state index contributed by atoms with van der Waals surface area (Å²) < 4.78 is 16.5. The molecular formula is C32H32N2O5. The molecule has 0 saturated heterocycles.